The van der Waals surface area contributed by atoms with Crippen LogP contribution >= 0.6 is 0 Å². The summed E-state index contributed by atoms with van der Waals surface area (Å²) in [4.78, 5) is 0. The zero-order chi connectivity index (χ0) is 10.4. The lowest BCUT2D eigenvalue weighted by Crippen LogP contribution is -1.90. The molecule has 0 unspecified atom stereocenters. The minimum absolute atomic E-state index is 0.860. The van der Waals surface area contributed by atoms with Crippen molar-refractivity contribution in [2.75, 3.05) is 0 Å². The summed E-state index contributed by atoms with van der Waals surface area (Å²) in [5, 5.41) is 1.45. The van der Waals surface area contributed by atoms with Gasteiger partial charge in [-0.15, -0.1) is 0 Å². The smallest absolute Gasteiger partial charge is 0.0483 e. The van der Waals surface area contributed by atoms with Crippen LogP contribution in [0.25, 0.3) is 10.9 Å². The lowest BCUT2D eigenvalue weighted by molar-refractivity contribution is 0.795. The highest BCUT2D eigenvalue weighted by Crippen LogP contribution is 2.41. The molecule has 1 aromatic heterocycles. The molecule has 1 aliphatic rings. The van der Waals surface area contributed by atoms with Crippen LogP contribution in [-0.4, -0.2) is 4.57 Å². The summed E-state index contributed by atoms with van der Waals surface area (Å²) in [5.41, 5.74) is 4.34. The molecular formula is C14H17N. The minimum atomic E-state index is 0.860. The van der Waals surface area contributed by atoms with E-state index < -0.39 is 0 Å². The van der Waals surface area contributed by atoms with E-state index in [-0.39, 0.29) is 0 Å². The van der Waals surface area contributed by atoms with E-state index in [2.05, 4.69) is 42.8 Å². The molecule has 0 aliphatic heterocycles. The van der Waals surface area contributed by atoms with Gasteiger partial charge in [0.2, 0.25) is 0 Å². The van der Waals surface area contributed by atoms with E-state index in [1.807, 2.05) is 0 Å². The molecule has 0 radical (unpaired) electrons. The van der Waals surface area contributed by atoms with Crippen LogP contribution in [0.3, 0.4) is 0 Å². The quantitative estimate of drug-likeness (QED) is 0.692. The average Bonchev–Trinajstić information content (AvgIpc) is 3.05. The maximum Gasteiger partial charge on any atom is 0.0483 e. The normalized spacial score (nSPS) is 16.1. The maximum atomic E-state index is 2.40. The van der Waals surface area contributed by atoms with E-state index in [4.69, 9.17) is 0 Å². The Morgan fingerprint density at radius 3 is 2.80 bits per heavy atom. The summed E-state index contributed by atoms with van der Waals surface area (Å²) >= 11 is 0. The number of aryl methyl sites for hydroxylation is 2. The van der Waals surface area contributed by atoms with Gasteiger partial charge >= 0.3 is 0 Å². The topological polar surface area (TPSA) is 4.93 Å². The van der Waals surface area contributed by atoms with Gasteiger partial charge in [0.1, 0.15) is 0 Å². The summed E-state index contributed by atoms with van der Waals surface area (Å²) in [5.74, 6) is 0.860. The van der Waals surface area contributed by atoms with Gasteiger partial charge < -0.3 is 4.57 Å². The first-order chi connectivity index (χ1) is 7.29. The molecule has 1 aromatic carbocycles. The fraction of sp³-hybridized carbons (Fsp3) is 0.429. The monoisotopic (exact) mass is 199 g/mol. The van der Waals surface area contributed by atoms with Crippen molar-refractivity contribution >= 4 is 10.9 Å². The molecule has 0 saturated heterocycles. The number of hydrogen-bond acceptors (Lipinski definition) is 0. The Kier molecular flexibility index (Phi) is 1.88. The fourth-order valence-corrected chi connectivity index (χ4v) is 2.43. The minimum Gasteiger partial charge on any atom is -0.347 e. The number of benzene rings is 1. The van der Waals surface area contributed by atoms with E-state index in [9.17, 15) is 0 Å². The molecule has 0 spiro atoms. The molecule has 1 fully saturated rings. The van der Waals surface area contributed by atoms with E-state index in [0.717, 1.165) is 12.5 Å². The van der Waals surface area contributed by atoms with Crippen LogP contribution in [0.15, 0.2) is 24.4 Å². The Bertz CT molecular complexity index is 503. The molecule has 2 aromatic rings. The highest BCUT2D eigenvalue weighted by Gasteiger charge is 2.23. The molecule has 1 heteroatoms. The molecule has 0 bridgehead atoms. The van der Waals surface area contributed by atoms with Crippen molar-refractivity contribution in [1.29, 1.82) is 0 Å². The number of fused-ring (bicyclic) bond motifs is 1. The van der Waals surface area contributed by atoms with Crippen molar-refractivity contribution in [3.05, 3.63) is 35.5 Å². The Hall–Kier alpha value is -1.24. The van der Waals surface area contributed by atoms with Crippen LogP contribution in [0.1, 0.15) is 36.8 Å². The van der Waals surface area contributed by atoms with Crippen molar-refractivity contribution in [2.24, 2.45) is 0 Å². The Labute approximate surface area is 90.7 Å². The summed E-state index contributed by atoms with van der Waals surface area (Å²) in [7, 11) is 0. The van der Waals surface area contributed by atoms with Crippen molar-refractivity contribution < 1.29 is 0 Å². The first kappa shape index (κ1) is 9.02. The first-order valence-corrected chi connectivity index (χ1v) is 5.89. The number of rotatable bonds is 2. The second-order valence-electron chi connectivity index (χ2n) is 4.65. The molecule has 15 heavy (non-hydrogen) atoms. The third kappa shape index (κ3) is 1.38. The lowest BCUT2D eigenvalue weighted by Gasteiger charge is -2.02. The third-order valence-electron chi connectivity index (χ3n) is 3.49. The van der Waals surface area contributed by atoms with Crippen LogP contribution < -0.4 is 0 Å². The predicted molar refractivity (Wildman–Crippen MR) is 64.3 cm³/mol. The summed E-state index contributed by atoms with van der Waals surface area (Å²) < 4.78 is 2.33. The molecule has 78 valence electrons. The lowest BCUT2D eigenvalue weighted by atomic mass is 10.1. The van der Waals surface area contributed by atoms with E-state index in [0.29, 0.717) is 0 Å². The van der Waals surface area contributed by atoms with Gasteiger partial charge in [-0.1, -0.05) is 6.07 Å². The fourth-order valence-electron chi connectivity index (χ4n) is 2.43. The number of aromatic nitrogens is 1. The molecule has 0 N–H and O–H groups in total. The Balaban J connectivity index is 2.21. The standard InChI is InChI=1S/C14H17N/c1-3-15-9-10(2)13-8-12(11-4-5-11)6-7-14(13)15/h6-9,11H,3-5H2,1-2H3. The van der Waals surface area contributed by atoms with E-state index in [1.54, 1.807) is 5.56 Å². The van der Waals surface area contributed by atoms with Gasteiger partial charge in [-0.3, -0.25) is 0 Å². The van der Waals surface area contributed by atoms with E-state index >= 15 is 0 Å². The van der Waals surface area contributed by atoms with Gasteiger partial charge in [0, 0.05) is 23.6 Å². The second kappa shape index (κ2) is 3.13. The zero-order valence-corrected chi connectivity index (χ0v) is 9.46. The van der Waals surface area contributed by atoms with Crippen LogP contribution in [0.5, 0.6) is 0 Å². The van der Waals surface area contributed by atoms with Gasteiger partial charge in [0.25, 0.3) is 0 Å². The van der Waals surface area contributed by atoms with Crippen molar-refractivity contribution in [3.8, 4) is 0 Å². The van der Waals surface area contributed by atoms with Crippen molar-refractivity contribution in [2.45, 2.75) is 39.2 Å². The SMILES string of the molecule is CCn1cc(C)c2cc(C3CC3)ccc21. The maximum absolute atomic E-state index is 2.40. The van der Waals surface area contributed by atoms with E-state index in [1.165, 1.54) is 29.3 Å². The van der Waals surface area contributed by atoms with Gasteiger partial charge in [0.05, 0.1) is 0 Å². The number of nitrogens with zero attached hydrogens (tertiary/aromatic N) is 1. The van der Waals surface area contributed by atoms with Crippen LogP contribution in [0, 0.1) is 6.92 Å². The van der Waals surface area contributed by atoms with Crippen molar-refractivity contribution in [1.82, 2.24) is 4.57 Å². The van der Waals surface area contributed by atoms with Crippen LogP contribution in [0.4, 0.5) is 0 Å². The van der Waals surface area contributed by atoms with Crippen LogP contribution in [-0.2, 0) is 6.54 Å². The summed E-state index contributed by atoms with van der Waals surface area (Å²) in [6.45, 7) is 5.48. The Morgan fingerprint density at radius 1 is 1.33 bits per heavy atom. The molecular weight excluding hydrogens is 182 g/mol. The highest BCUT2D eigenvalue weighted by molar-refractivity contribution is 5.84. The summed E-state index contributed by atoms with van der Waals surface area (Å²) in [6, 6.07) is 7.00. The van der Waals surface area contributed by atoms with Crippen molar-refractivity contribution in [3.63, 3.8) is 0 Å². The molecule has 3 rings (SSSR count). The van der Waals surface area contributed by atoms with Gasteiger partial charge in [-0.25, -0.2) is 0 Å². The molecule has 0 atom stereocenters. The molecule has 1 heterocycles. The molecule has 1 nitrogen and oxygen atoms in total. The third-order valence-corrected chi connectivity index (χ3v) is 3.49. The average molecular weight is 199 g/mol. The summed E-state index contributed by atoms with van der Waals surface area (Å²) in [6.07, 6.45) is 5.04. The molecule has 0 amide bonds. The first-order valence-electron chi connectivity index (χ1n) is 5.89. The highest BCUT2D eigenvalue weighted by atomic mass is 14.9. The predicted octanol–water partition coefficient (Wildman–Crippen LogP) is 3.85. The molecule has 1 saturated carbocycles. The van der Waals surface area contributed by atoms with Gasteiger partial charge in [-0.2, -0.15) is 0 Å². The second-order valence-corrected chi connectivity index (χ2v) is 4.65. The molecule has 1 aliphatic carbocycles. The van der Waals surface area contributed by atoms with Crippen LogP contribution in [0.2, 0.25) is 0 Å². The largest absolute Gasteiger partial charge is 0.347 e. The Morgan fingerprint density at radius 2 is 2.13 bits per heavy atom. The number of hydrogen-bond donors (Lipinski definition) is 0. The van der Waals surface area contributed by atoms with Gasteiger partial charge in [0.15, 0.2) is 0 Å². The van der Waals surface area contributed by atoms with Gasteiger partial charge in [-0.05, 0) is 55.9 Å². The zero-order valence-electron chi connectivity index (χ0n) is 9.46.